The number of aliphatic hydroxyl groups excluding tert-OH is 1. The van der Waals surface area contributed by atoms with Gasteiger partial charge in [-0.2, -0.15) is 0 Å². The molecule has 0 aliphatic carbocycles. The lowest BCUT2D eigenvalue weighted by atomic mass is 10.1. The first-order chi connectivity index (χ1) is 9.92. The van der Waals surface area contributed by atoms with Crippen LogP contribution in [0.1, 0.15) is 26.3 Å². The SMILES string of the molecule is CC(C)(C)NCc1cccc(Cl)c1N1CCOCC1CO. The molecule has 0 spiro atoms. The van der Waals surface area contributed by atoms with Crippen LogP contribution in [0.5, 0.6) is 0 Å². The summed E-state index contributed by atoms with van der Waals surface area (Å²) in [5.74, 6) is 0. The third-order valence-electron chi connectivity index (χ3n) is 3.61. The minimum absolute atomic E-state index is 0.0352. The van der Waals surface area contributed by atoms with Gasteiger partial charge in [-0.05, 0) is 32.4 Å². The van der Waals surface area contributed by atoms with Crippen LogP contribution >= 0.6 is 11.6 Å². The molecule has 1 atom stereocenters. The Kier molecular flexibility index (Phi) is 5.49. The second-order valence-corrected chi connectivity index (χ2v) is 6.86. The highest BCUT2D eigenvalue weighted by Gasteiger charge is 2.26. The highest BCUT2D eigenvalue weighted by atomic mass is 35.5. The normalized spacial score (nSPS) is 19.9. The van der Waals surface area contributed by atoms with Gasteiger partial charge in [0.15, 0.2) is 0 Å². The first kappa shape index (κ1) is 16.6. The fourth-order valence-corrected chi connectivity index (χ4v) is 2.79. The van der Waals surface area contributed by atoms with Crippen LogP contribution in [0.15, 0.2) is 18.2 Å². The summed E-state index contributed by atoms with van der Waals surface area (Å²) in [4.78, 5) is 2.17. The molecule has 1 saturated heterocycles. The molecule has 21 heavy (non-hydrogen) atoms. The van der Waals surface area contributed by atoms with Crippen molar-refractivity contribution in [2.75, 3.05) is 31.3 Å². The van der Waals surface area contributed by atoms with E-state index in [4.69, 9.17) is 16.3 Å². The zero-order chi connectivity index (χ0) is 15.5. The summed E-state index contributed by atoms with van der Waals surface area (Å²) < 4.78 is 5.46. The van der Waals surface area contributed by atoms with Crippen molar-refractivity contribution in [2.24, 2.45) is 0 Å². The Balaban J connectivity index is 2.28. The van der Waals surface area contributed by atoms with E-state index in [1.807, 2.05) is 12.1 Å². The van der Waals surface area contributed by atoms with Gasteiger partial charge in [-0.25, -0.2) is 0 Å². The van der Waals surface area contributed by atoms with Crippen LogP contribution in [-0.4, -0.2) is 43.1 Å². The van der Waals surface area contributed by atoms with Crippen LogP contribution in [0, 0.1) is 0 Å². The maximum Gasteiger partial charge on any atom is 0.0756 e. The van der Waals surface area contributed by atoms with Crippen molar-refractivity contribution in [3.8, 4) is 0 Å². The van der Waals surface area contributed by atoms with Gasteiger partial charge in [0.25, 0.3) is 0 Å². The predicted molar refractivity (Wildman–Crippen MR) is 87.1 cm³/mol. The zero-order valence-electron chi connectivity index (χ0n) is 13.0. The van der Waals surface area contributed by atoms with Gasteiger partial charge in [-0.1, -0.05) is 23.7 Å². The molecule has 1 aliphatic rings. The summed E-state index contributed by atoms with van der Waals surface area (Å²) in [6.07, 6.45) is 0. The van der Waals surface area contributed by atoms with Gasteiger partial charge < -0.3 is 20.1 Å². The first-order valence-electron chi connectivity index (χ1n) is 7.40. The maximum atomic E-state index is 9.58. The average molecular weight is 313 g/mol. The average Bonchev–Trinajstić information content (AvgIpc) is 2.44. The van der Waals surface area contributed by atoms with Gasteiger partial charge in [0.05, 0.1) is 36.6 Å². The van der Waals surface area contributed by atoms with Crippen LogP contribution in [0.3, 0.4) is 0 Å². The van der Waals surface area contributed by atoms with E-state index >= 15 is 0 Å². The monoisotopic (exact) mass is 312 g/mol. The molecule has 0 saturated carbocycles. The van der Waals surface area contributed by atoms with E-state index in [1.165, 1.54) is 0 Å². The number of rotatable bonds is 4. The molecule has 0 aromatic heterocycles. The Hall–Kier alpha value is -0.810. The Morgan fingerprint density at radius 1 is 1.43 bits per heavy atom. The van der Waals surface area contributed by atoms with E-state index in [9.17, 15) is 5.11 Å². The molecular formula is C16H25ClN2O2. The van der Waals surface area contributed by atoms with Gasteiger partial charge in [0.2, 0.25) is 0 Å². The molecule has 2 N–H and O–H groups in total. The molecule has 1 unspecified atom stereocenters. The standard InChI is InChI=1S/C16H25ClN2O2/c1-16(2,3)18-9-12-5-4-6-14(17)15(12)19-7-8-21-11-13(19)10-20/h4-6,13,18,20H,7-11H2,1-3H3. The summed E-state index contributed by atoms with van der Waals surface area (Å²) in [6, 6.07) is 5.93. The second-order valence-electron chi connectivity index (χ2n) is 6.46. The molecule has 1 aromatic carbocycles. The van der Waals surface area contributed by atoms with Crippen LogP contribution in [-0.2, 0) is 11.3 Å². The van der Waals surface area contributed by atoms with E-state index in [-0.39, 0.29) is 18.2 Å². The van der Waals surface area contributed by atoms with Crippen molar-refractivity contribution in [1.29, 1.82) is 0 Å². The topological polar surface area (TPSA) is 44.7 Å². The van der Waals surface area contributed by atoms with Crippen molar-refractivity contribution >= 4 is 17.3 Å². The van der Waals surface area contributed by atoms with Gasteiger partial charge in [-0.3, -0.25) is 0 Å². The smallest absolute Gasteiger partial charge is 0.0756 e. The summed E-state index contributed by atoms with van der Waals surface area (Å²) in [7, 11) is 0. The predicted octanol–water partition coefficient (Wildman–Crippen LogP) is 2.43. The molecular weight excluding hydrogens is 288 g/mol. The lowest BCUT2D eigenvalue weighted by molar-refractivity contribution is 0.0726. The minimum Gasteiger partial charge on any atom is -0.394 e. The Labute approximate surface area is 132 Å². The van der Waals surface area contributed by atoms with E-state index in [0.717, 1.165) is 29.4 Å². The number of morpholine rings is 1. The Morgan fingerprint density at radius 3 is 2.86 bits per heavy atom. The second kappa shape index (κ2) is 6.97. The molecule has 4 nitrogen and oxygen atoms in total. The molecule has 0 radical (unpaired) electrons. The van der Waals surface area contributed by atoms with Crippen molar-refractivity contribution in [2.45, 2.75) is 38.9 Å². The Morgan fingerprint density at radius 2 is 2.19 bits per heavy atom. The van der Waals surface area contributed by atoms with Crippen molar-refractivity contribution in [3.05, 3.63) is 28.8 Å². The number of nitrogens with zero attached hydrogens (tertiary/aromatic N) is 1. The third kappa shape index (κ3) is 4.33. The number of hydrogen-bond acceptors (Lipinski definition) is 4. The molecule has 2 rings (SSSR count). The molecule has 118 valence electrons. The summed E-state index contributed by atoms with van der Waals surface area (Å²) in [6.45, 7) is 9.18. The third-order valence-corrected chi connectivity index (χ3v) is 3.91. The highest BCUT2D eigenvalue weighted by molar-refractivity contribution is 6.33. The van der Waals surface area contributed by atoms with Crippen LogP contribution in [0.25, 0.3) is 0 Å². The van der Waals surface area contributed by atoms with E-state index in [2.05, 4.69) is 37.1 Å². The van der Waals surface area contributed by atoms with E-state index in [1.54, 1.807) is 0 Å². The molecule has 5 heteroatoms. The number of hydrogen-bond donors (Lipinski definition) is 2. The largest absolute Gasteiger partial charge is 0.394 e. The lowest BCUT2D eigenvalue weighted by Crippen LogP contribution is -2.48. The summed E-state index contributed by atoms with van der Waals surface area (Å²) >= 11 is 6.44. The molecule has 0 bridgehead atoms. The Bertz CT molecular complexity index is 474. The van der Waals surface area contributed by atoms with Crippen molar-refractivity contribution < 1.29 is 9.84 Å². The summed E-state index contributed by atoms with van der Waals surface area (Å²) in [5, 5.41) is 13.8. The lowest BCUT2D eigenvalue weighted by Gasteiger charge is -2.38. The molecule has 1 aromatic rings. The summed E-state index contributed by atoms with van der Waals surface area (Å²) in [5.41, 5.74) is 2.21. The van der Waals surface area contributed by atoms with Crippen molar-refractivity contribution in [1.82, 2.24) is 5.32 Å². The zero-order valence-corrected chi connectivity index (χ0v) is 13.8. The van der Waals surface area contributed by atoms with Crippen LogP contribution in [0.2, 0.25) is 5.02 Å². The molecule has 1 heterocycles. The fourth-order valence-electron chi connectivity index (χ4n) is 2.49. The number of nitrogens with one attached hydrogen (secondary N) is 1. The minimum atomic E-state index is -0.0352. The fraction of sp³-hybridized carbons (Fsp3) is 0.625. The number of anilines is 1. The maximum absolute atomic E-state index is 9.58. The van der Waals surface area contributed by atoms with Gasteiger partial charge in [0.1, 0.15) is 0 Å². The number of ether oxygens (including phenoxy) is 1. The number of halogens is 1. The molecule has 1 fully saturated rings. The number of aliphatic hydroxyl groups is 1. The van der Waals surface area contributed by atoms with Gasteiger partial charge in [-0.15, -0.1) is 0 Å². The van der Waals surface area contributed by atoms with Crippen molar-refractivity contribution in [3.63, 3.8) is 0 Å². The van der Waals surface area contributed by atoms with E-state index in [0.29, 0.717) is 13.2 Å². The van der Waals surface area contributed by atoms with Gasteiger partial charge >= 0.3 is 0 Å². The number of para-hydroxylation sites is 1. The number of benzene rings is 1. The molecule has 0 amide bonds. The van der Waals surface area contributed by atoms with Crippen LogP contribution < -0.4 is 10.2 Å². The quantitative estimate of drug-likeness (QED) is 0.896. The molecule has 1 aliphatic heterocycles. The van der Waals surface area contributed by atoms with Crippen LogP contribution in [0.4, 0.5) is 5.69 Å². The highest BCUT2D eigenvalue weighted by Crippen LogP contribution is 2.32. The first-order valence-corrected chi connectivity index (χ1v) is 7.78. The van der Waals surface area contributed by atoms with Gasteiger partial charge in [0, 0.05) is 18.6 Å². The van der Waals surface area contributed by atoms with E-state index < -0.39 is 0 Å².